The minimum atomic E-state index is -4.64. The van der Waals surface area contributed by atoms with Crippen molar-refractivity contribution in [2.45, 2.75) is 52.4 Å². The third kappa shape index (κ3) is 7.16. The van der Waals surface area contributed by atoms with Crippen molar-refractivity contribution in [2.24, 2.45) is 0 Å². The molecule has 0 spiro atoms. The van der Waals surface area contributed by atoms with Gasteiger partial charge >= 0.3 is 12.3 Å². The Hall–Kier alpha value is -4.94. The molecule has 0 aliphatic rings. The van der Waals surface area contributed by atoms with Gasteiger partial charge in [-0.1, -0.05) is 92.7 Å². The minimum absolute atomic E-state index is 0.0228. The van der Waals surface area contributed by atoms with Crippen LogP contribution in [0.1, 0.15) is 64.1 Å². The summed E-state index contributed by atoms with van der Waals surface area (Å²) in [4.78, 5) is 29.4. The summed E-state index contributed by atoms with van der Waals surface area (Å²) in [5.41, 5.74) is 7.40. The molecule has 0 unspecified atom stereocenters. The number of hydrogen-bond acceptors (Lipinski definition) is 3. The van der Waals surface area contributed by atoms with Crippen molar-refractivity contribution in [1.82, 2.24) is 9.88 Å². The summed E-state index contributed by atoms with van der Waals surface area (Å²) in [5.74, 6) is -0.690. The Morgan fingerprint density at radius 3 is 2.05 bits per heavy atom. The van der Waals surface area contributed by atoms with Gasteiger partial charge in [0.25, 0.3) is 5.91 Å². The Kier molecular flexibility index (Phi) is 9.87. The molecule has 44 heavy (non-hydrogen) atoms. The Labute approximate surface area is 254 Å². The number of benzene rings is 4. The number of aromatic nitrogens is 1. The van der Waals surface area contributed by atoms with Gasteiger partial charge in [0, 0.05) is 28.7 Å². The third-order valence-electron chi connectivity index (χ3n) is 7.82. The molecule has 0 saturated carbocycles. The van der Waals surface area contributed by atoms with E-state index in [-0.39, 0.29) is 23.2 Å². The molecule has 8 heteroatoms. The normalized spacial score (nSPS) is 11.9. The first-order chi connectivity index (χ1) is 20.9. The van der Waals surface area contributed by atoms with Crippen LogP contribution in [0.4, 0.5) is 13.2 Å². The van der Waals surface area contributed by atoms with Crippen LogP contribution < -0.4 is 5.32 Å². The molecule has 0 aliphatic carbocycles. The lowest BCUT2D eigenvalue weighted by Gasteiger charge is -2.23. The van der Waals surface area contributed by atoms with Crippen molar-refractivity contribution in [2.75, 3.05) is 0 Å². The number of aryl methyl sites for hydroxylation is 1. The summed E-state index contributed by atoms with van der Waals surface area (Å²) in [6.07, 6.45) is -4.39. The quantitative estimate of drug-likeness (QED) is 0.204. The van der Waals surface area contributed by atoms with E-state index in [1.54, 1.807) is 24.3 Å². The van der Waals surface area contributed by atoms with Crippen LogP contribution in [0.5, 0.6) is 0 Å². The highest BCUT2D eigenvalue weighted by molar-refractivity contribution is 5.99. The highest BCUT2D eigenvalue weighted by atomic mass is 19.4. The molecular weight excluding hydrogens is 565 g/mol. The molecule has 1 N–H and O–H groups in total. The molecule has 5 aromatic rings. The SMILES string of the molecule is Cc1c(C)n(Cc2ccc(-c3ccccc3)cc2)c2ccc(C(=O)N[C@H](c3cccc(C(C)C)c3)C(F)(F)F)cc12.O=C=O. The van der Waals surface area contributed by atoms with E-state index in [4.69, 9.17) is 9.59 Å². The molecule has 4 aromatic carbocycles. The second kappa shape index (κ2) is 13.6. The van der Waals surface area contributed by atoms with Gasteiger partial charge in [-0.05, 0) is 71.3 Å². The van der Waals surface area contributed by atoms with Gasteiger partial charge < -0.3 is 9.88 Å². The number of hydrogen-bond donors (Lipinski definition) is 1. The summed E-state index contributed by atoms with van der Waals surface area (Å²) in [6.45, 7) is 8.48. The first-order valence-corrected chi connectivity index (χ1v) is 14.1. The second-order valence-corrected chi connectivity index (χ2v) is 10.9. The molecule has 0 aliphatic heterocycles. The van der Waals surface area contributed by atoms with Crippen LogP contribution in [0, 0.1) is 13.8 Å². The predicted molar refractivity (Wildman–Crippen MR) is 164 cm³/mol. The number of amides is 1. The highest BCUT2D eigenvalue weighted by Crippen LogP contribution is 2.35. The van der Waals surface area contributed by atoms with Crippen molar-refractivity contribution >= 4 is 23.0 Å². The highest BCUT2D eigenvalue weighted by Gasteiger charge is 2.42. The Balaban J connectivity index is 0.00000141. The minimum Gasteiger partial charge on any atom is -0.340 e. The maximum absolute atomic E-state index is 14.1. The lowest BCUT2D eigenvalue weighted by molar-refractivity contribution is -0.191. The number of alkyl halides is 3. The lowest BCUT2D eigenvalue weighted by Crippen LogP contribution is -2.38. The van der Waals surface area contributed by atoms with Gasteiger partial charge in [0.2, 0.25) is 0 Å². The largest absolute Gasteiger partial charge is 0.412 e. The van der Waals surface area contributed by atoms with Crippen molar-refractivity contribution in [1.29, 1.82) is 0 Å². The molecule has 0 radical (unpaired) electrons. The molecular formula is C36H33F3N2O3. The number of rotatable bonds is 7. The van der Waals surface area contributed by atoms with Gasteiger partial charge in [-0.15, -0.1) is 0 Å². The number of carbonyl (C=O) groups excluding carboxylic acids is 3. The second-order valence-electron chi connectivity index (χ2n) is 10.9. The molecule has 5 rings (SSSR count). The number of carbonyl (C=O) groups is 1. The van der Waals surface area contributed by atoms with Crippen LogP contribution in [0.25, 0.3) is 22.0 Å². The molecule has 1 atom stereocenters. The van der Waals surface area contributed by atoms with E-state index in [0.29, 0.717) is 6.54 Å². The fraction of sp³-hybridized carbons (Fsp3) is 0.222. The van der Waals surface area contributed by atoms with Crippen molar-refractivity contribution in [3.63, 3.8) is 0 Å². The Morgan fingerprint density at radius 2 is 1.43 bits per heavy atom. The summed E-state index contributed by atoms with van der Waals surface area (Å²) in [6, 6.07) is 28.0. The van der Waals surface area contributed by atoms with E-state index < -0.39 is 18.1 Å². The maximum Gasteiger partial charge on any atom is 0.412 e. The molecule has 0 fully saturated rings. The number of nitrogens with one attached hydrogen (secondary N) is 1. The average Bonchev–Trinajstić information content (AvgIpc) is 3.24. The van der Waals surface area contributed by atoms with Crippen LogP contribution in [0.2, 0.25) is 0 Å². The van der Waals surface area contributed by atoms with Gasteiger partial charge in [0.1, 0.15) is 0 Å². The molecule has 1 amide bonds. The predicted octanol–water partition coefficient (Wildman–Crippen LogP) is 8.55. The summed E-state index contributed by atoms with van der Waals surface area (Å²) >= 11 is 0. The zero-order valence-electron chi connectivity index (χ0n) is 24.9. The number of nitrogens with zero attached hydrogens (tertiary/aromatic N) is 1. The fourth-order valence-electron chi connectivity index (χ4n) is 5.28. The van der Waals surface area contributed by atoms with Gasteiger partial charge in [0.15, 0.2) is 6.04 Å². The first-order valence-electron chi connectivity index (χ1n) is 14.1. The van der Waals surface area contributed by atoms with E-state index in [0.717, 1.165) is 44.4 Å². The van der Waals surface area contributed by atoms with Crippen molar-refractivity contribution in [3.05, 3.63) is 131 Å². The van der Waals surface area contributed by atoms with Crippen LogP contribution in [-0.4, -0.2) is 22.8 Å². The van der Waals surface area contributed by atoms with Crippen LogP contribution in [0.15, 0.2) is 97.1 Å². The van der Waals surface area contributed by atoms with Crippen LogP contribution in [-0.2, 0) is 16.1 Å². The zero-order valence-corrected chi connectivity index (χ0v) is 24.9. The fourth-order valence-corrected chi connectivity index (χ4v) is 5.28. The molecule has 5 nitrogen and oxygen atoms in total. The Bertz CT molecular complexity index is 1780. The van der Waals surface area contributed by atoms with E-state index >= 15 is 0 Å². The third-order valence-corrected chi connectivity index (χ3v) is 7.82. The molecule has 0 bridgehead atoms. The zero-order chi connectivity index (χ0) is 32.0. The molecule has 1 aromatic heterocycles. The van der Waals surface area contributed by atoms with Crippen LogP contribution in [0.3, 0.4) is 0 Å². The standard InChI is InChI=1S/C35H33F3N2O.CO2/c1-22(2)28-11-8-12-29(19-28)33(35(36,37)38)39-34(41)30-17-18-32-31(20-30)23(3)24(4)40(32)21-25-13-15-27(16-14-25)26-9-6-5-7-10-26;2-1-3/h5-20,22,33H,21H2,1-4H3,(H,39,41);/t33-;/m1./s1. The summed E-state index contributed by atoms with van der Waals surface area (Å²) in [7, 11) is 0. The molecule has 226 valence electrons. The van der Waals surface area contributed by atoms with E-state index in [1.807, 2.05) is 52.0 Å². The van der Waals surface area contributed by atoms with E-state index in [1.165, 1.54) is 12.1 Å². The number of fused-ring (bicyclic) bond motifs is 1. The lowest BCUT2D eigenvalue weighted by atomic mass is 9.97. The Morgan fingerprint density at radius 1 is 0.818 bits per heavy atom. The van der Waals surface area contributed by atoms with Crippen molar-refractivity contribution < 1.29 is 27.6 Å². The summed E-state index contributed by atoms with van der Waals surface area (Å²) in [5, 5.41) is 3.10. The summed E-state index contributed by atoms with van der Waals surface area (Å²) < 4.78 is 44.5. The molecule has 0 saturated heterocycles. The van der Waals surface area contributed by atoms with Gasteiger partial charge in [0.05, 0.1) is 0 Å². The van der Waals surface area contributed by atoms with Gasteiger partial charge in [-0.25, -0.2) is 0 Å². The smallest absolute Gasteiger partial charge is 0.340 e. The topological polar surface area (TPSA) is 68.2 Å². The van der Waals surface area contributed by atoms with Crippen molar-refractivity contribution in [3.8, 4) is 11.1 Å². The first kappa shape index (κ1) is 32.0. The number of halogens is 3. The maximum atomic E-state index is 14.1. The monoisotopic (exact) mass is 598 g/mol. The van der Waals surface area contributed by atoms with Gasteiger partial charge in [-0.3, -0.25) is 4.79 Å². The van der Waals surface area contributed by atoms with Crippen LogP contribution >= 0.6 is 0 Å². The van der Waals surface area contributed by atoms with E-state index in [2.05, 4.69) is 46.3 Å². The van der Waals surface area contributed by atoms with Gasteiger partial charge in [-0.2, -0.15) is 22.8 Å². The average molecular weight is 599 g/mol. The van der Waals surface area contributed by atoms with E-state index in [9.17, 15) is 18.0 Å². The molecule has 1 heterocycles.